The summed E-state index contributed by atoms with van der Waals surface area (Å²) in [6.45, 7) is 7.50. The maximum absolute atomic E-state index is 13.3. The van der Waals surface area contributed by atoms with Crippen molar-refractivity contribution in [2.45, 2.75) is 19.0 Å². The van der Waals surface area contributed by atoms with Crippen LogP contribution in [0, 0.1) is 5.82 Å². The number of hydrogen-bond acceptors (Lipinski definition) is 3. The normalized spacial score (nSPS) is 25.2. The third-order valence-electron chi connectivity index (χ3n) is 4.36. The van der Waals surface area contributed by atoms with Gasteiger partial charge in [-0.2, -0.15) is 0 Å². The van der Waals surface area contributed by atoms with Gasteiger partial charge in [0.15, 0.2) is 0 Å². The quantitative estimate of drug-likeness (QED) is 0.907. The van der Waals surface area contributed by atoms with Crippen molar-refractivity contribution in [3.8, 4) is 0 Å². The molecule has 0 radical (unpaired) electrons. The van der Waals surface area contributed by atoms with Gasteiger partial charge in [0, 0.05) is 49.8 Å². The lowest BCUT2D eigenvalue weighted by atomic mass is 10.1. The molecule has 3 nitrogen and oxygen atoms in total. The third kappa shape index (κ3) is 3.39. The molecular weight excluding hydrogens is 321 g/mol. The van der Waals surface area contributed by atoms with Crippen molar-refractivity contribution in [3.05, 3.63) is 34.1 Å². The Morgan fingerprint density at radius 2 is 2.05 bits per heavy atom. The first kappa shape index (κ1) is 14.4. The van der Waals surface area contributed by atoms with Crippen LogP contribution in [0.2, 0.25) is 0 Å². The number of nitrogens with zero attached hydrogens (tertiary/aromatic N) is 2. The first-order valence-corrected chi connectivity index (χ1v) is 8.13. The average Bonchev–Trinajstić information content (AvgIpc) is 2.98. The molecule has 2 saturated heterocycles. The Bertz CT molecular complexity index is 454. The van der Waals surface area contributed by atoms with Gasteiger partial charge in [-0.1, -0.05) is 15.9 Å². The molecule has 3 rings (SSSR count). The number of nitrogens with one attached hydrogen (secondary N) is 1. The smallest absolute Gasteiger partial charge is 0.123 e. The van der Waals surface area contributed by atoms with E-state index in [1.807, 2.05) is 0 Å². The molecule has 2 aliphatic rings. The Balaban J connectivity index is 1.54. The van der Waals surface area contributed by atoms with Gasteiger partial charge < -0.3 is 5.32 Å². The maximum Gasteiger partial charge on any atom is 0.123 e. The summed E-state index contributed by atoms with van der Waals surface area (Å²) >= 11 is 3.51. The highest BCUT2D eigenvalue weighted by atomic mass is 79.9. The lowest BCUT2D eigenvalue weighted by Gasteiger charge is -2.37. The van der Waals surface area contributed by atoms with E-state index in [9.17, 15) is 4.39 Å². The van der Waals surface area contributed by atoms with Crippen LogP contribution in [0.1, 0.15) is 12.0 Å². The highest BCUT2D eigenvalue weighted by Crippen LogP contribution is 2.21. The van der Waals surface area contributed by atoms with Crippen molar-refractivity contribution < 1.29 is 4.39 Å². The molecule has 1 unspecified atom stereocenters. The summed E-state index contributed by atoms with van der Waals surface area (Å²) in [6.07, 6.45) is 1.27. The molecule has 0 aromatic heterocycles. The minimum atomic E-state index is -0.154. The summed E-state index contributed by atoms with van der Waals surface area (Å²) < 4.78 is 14.3. The van der Waals surface area contributed by atoms with Crippen molar-refractivity contribution in [3.63, 3.8) is 0 Å². The second-order valence-corrected chi connectivity index (χ2v) is 6.55. The molecule has 2 heterocycles. The Kier molecular flexibility index (Phi) is 4.71. The molecule has 0 saturated carbocycles. The minimum Gasteiger partial charge on any atom is -0.315 e. The Hall–Kier alpha value is -0.490. The fraction of sp³-hybridized carbons (Fsp3) is 0.600. The summed E-state index contributed by atoms with van der Waals surface area (Å²) in [7, 11) is 0. The molecular formula is C15H21BrFN3. The Morgan fingerprint density at radius 3 is 2.75 bits per heavy atom. The summed E-state index contributed by atoms with van der Waals surface area (Å²) in [6, 6.07) is 5.65. The molecule has 1 aromatic rings. The van der Waals surface area contributed by atoms with Crippen LogP contribution in [0.3, 0.4) is 0 Å². The van der Waals surface area contributed by atoms with Crippen LogP contribution in [-0.4, -0.2) is 55.1 Å². The maximum atomic E-state index is 13.3. The second kappa shape index (κ2) is 6.52. The van der Waals surface area contributed by atoms with E-state index in [2.05, 4.69) is 31.0 Å². The summed E-state index contributed by atoms with van der Waals surface area (Å²) in [5.74, 6) is -0.154. The monoisotopic (exact) mass is 341 g/mol. The van der Waals surface area contributed by atoms with Crippen LogP contribution in [0.4, 0.5) is 4.39 Å². The van der Waals surface area contributed by atoms with Gasteiger partial charge in [-0.15, -0.1) is 0 Å². The predicted octanol–water partition coefficient (Wildman–Crippen LogP) is 2.07. The van der Waals surface area contributed by atoms with Crippen LogP contribution >= 0.6 is 15.9 Å². The Morgan fingerprint density at radius 1 is 1.25 bits per heavy atom. The molecule has 0 spiro atoms. The van der Waals surface area contributed by atoms with Crippen molar-refractivity contribution in [1.82, 2.24) is 15.1 Å². The lowest BCUT2D eigenvalue weighted by molar-refractivity contribution is 0.0979. The molecule has 0 aliphatic carbocycles. The van der Waals surface area contributed by atoms with Gasteiger partial charge in [0.05, 0.1) is 0 Å². The fourth-order valence-corrected chi connectivity index (χ4v) is 3.52. The zero-order valence-electron chi connectivity index (χ0n) is 11.6. The van der Waals surface area contributed by atoms with E-state index in [1.165, 1.54) is 12.5 Å². The van der Waals surface area contributed by atoms with E-state index in [-0.39, 0.29) is 5.82 Å². The van der Waals surface area contributed by atoms with Gasteiger partial charge in [0.1, 0.15) is 5.82 Å². The number of rotatable bonds is 3. The first-order chi connectivity index (χ1) is 9.72. The van der Waals surface area contributed by atoms with Crippen LogP contribution in [0.5, 0.6) is 0 Å². The van der Waals surface area contributed by atoms with E-state index in [0.29, 0.717) is 0 Å². The molecule has 0 bridgehead atoms. The van der Waals surface area contributed by atoms with E-state index in [0.717, 1.165) is 61.9 Å². The van der Waals surface area contributed by atoms with Gasteiger partial charge in [-0.05, 0) is 36.7 Å². The Labute approximate surface area is 128 Å². The van der Waals surface area contributed by atoms with Crippen molar-refractivity contribution in [2.24, 2.45) is 0 Å². The molecule has 1 aromatic carbocycles. The van der Waals surface area contributed by atoms with Crippen LogP contribution in [0.15, 0.2) is 22.7 Å². The SMILES string of the molecule is Fc1ccc(Br)c(CN2CCN(C3CCNC3)CC2)c1. The molecule has 0 amide bonds. The van der Waals surface area contributed by atoms with Crippen LogP contribution < -0.4 is 5.32 Å². The van der Waals surface area contributed by atoms with E-state index < -0.39 is 0 Å². The van der Waals surface area contributed by atoms with Crippen LogP contribution in [0.25, 0.3) is 0 Å². The van der Waals surface area contributed by atoms with Gasteiger partial charge in [0.25, 0.3) is 0 Å². The van der Waals surface area contributed by atoms with Crippen LogP contribution in [-0.2, 0) is 6.54 Å². The highest BCUT2D eigenvalue weighted by Gasteiger charge is 2.26. The highest BCUT2D eigenvalue weighted by molar-refractivity contribution is 9.10. The second-order valence-electron chi connectivity index (χ2n) is 5.69. The van der Waals surface area contributed by atoms with Crippen molar-refractivity contribution in [1.29, 1.82) is 0 Å². The summed E-state index contributed by atoms with van der Waals surface area (Å²) in [5, 5.41) is 3.43. The molecule has 1 atom stereocenters. The number of hydrogen-bond donors (Lipinski definition) is 1. The number of halogens is 2. The predicted molar refractivity (Wildman–Crippen MR) is 82.2 cm³/mol. The largest absolute Gasteiger partial charge is 0.315 e. The third-order valence-corrected chi connectivity index (χ3v) is 5.13. The van der Waals surface area contributed by atoms with Crippen molar-refractivity contribution >= 4 is 15.9 Å². The van der Waals surface area contributed by atoms with Gasteiger partial charge in [0.2, 0.25) is 0 Å². The molecule has 2 fully saturated rings. The topological polar surface area (TPSA) is 18.5 Å². The van der Waals surface area contributed by atoms with E-state index >= 15 is 0 Å². The summed E-state index contributed by atoms with van der Waals surface area (Å²) in [4.78, 5) is 5.01. The number of piperazine rings is 1. The molecule has 5 heteroatoms. The van der Waals surface area contributed by atoms with E-state index in [1.54, 1.807) is 12.1 Å². The molecule has 2 aliphatic heterocycles. The zero-order valence-corrected chi connectivity index (χ0v) is 13.2. The van der Waals surface area contributed by atoms with Gasteiger partial charge in [-0.25, -0.2) is 4.39 Å². The van der Waals surface area contributed by atoms with Gasteiger partial charge in [-0.3, -0.25) is 9.80 Å². The van der Waals surface area contributed by atoms with Gasteiger partial charge >= 0.3 is 0 Å². The zero-order chi connectivity index (χ0) is 13.9. The number of benzene rings is 1. The molecule has 1 N–H and O–H groups in total. The molecule has 20 heavy (non-hydrogen) atoms. The lowest BCUT2D eigenvalue weighted by Crippen LogP contribution is -2.50. The minimum absolute atomic E-state index is 0.154. The average molecular weight is 342 g/mol. The van der Waals surface area contributed by atoms with E-state index in [4.69, 9.17) is 0 Å². The first-order valence-electron chi connectivity index (χ1n) is 7.33. The summed E-state index contributed by atoms with van der Waals surface area (Å²) in [5.41, 5.74) is 1.04. The standard InChI is InChI=1S/C15H21BrFN3/c16-15-2-1-13(17)9-12(15)11-19-5-7-20(8-6-19)14-3-4-18-10-14/h1-2,9,14,18H,3-8,10-11H2. The molecule has 110 valence electrons. The van der Waals surface area contributed by atoms with Crippen molar-refractivity contribution in [2.75, 3.05) is 39.3 Å². The fourth-order valence-electron chi connectivity index (χ4n) is 3.14.